The number of pyridine rings is 1. The van der Waals surface area contributed by atoms with E-state index in [1.165, 1.54) is 31.2 Å². The van der Waals surface area contributed by atoms with Crippen molar-refractivity contribution in [1.29, 1.82) is 0 Å². The highest BCUT2D eigenvalue weighted by atomic mass is 79.9. The summed E-state index contributed by atoms with van der Waals surface area (Å²) in [5, 5.41) is 3.50. The van der Waals surface area contributed by atoms with Gasteiger partial charge in [0, 0.05) is 22.9 Å². The molecule has 0 aromatic carbocycles. The number of aromatic nitrogens is 1. The molecule has 3 heteroatoms. The summed E-state index contributed by atoms with van der Waals surface area (Å²) in [7, 11) is 2.10. The third-order valence-electron chi connectivity index (χ3n) is 4.30. The minimum Gasteiger partial charge on any atom is -0.317 e. The SMILES string of the molecule is CCC1CCC(NC)C(Cc2cncc(Br)c2)C1. The maximum atomic E-state index is 4.27. The van der Waals surface area contributed by atoms with Crippen molar-refractivity contribution in [1.82, 2.24) is 10.3 Å². The third kappa shape index (κ3) is 3.55. The van der Waals surface area contributed by atoms with Crippen LogP contribution in [-0.4, -0.2) is 18.1 Å². The minimum atomic E-state index is 0.673. The van der Waals surface area contributed by atoms with Gasteiger partial charge in [0.2, 0.25) is 0 Å². The fraction of sp³-hybridized carbons (Fsp3) is 0.667. The molecule has 3 unspecified atom stereocenters. The van der Waals surface area contributed by atoms with E-state index in [0.29, 0.717) is 6.04 Å². The Bertz CT molecular complexity index is 381. The maximum absolute atomic E-state index is 4.27. The Balaban J connectivity index is 2.04. The summed E-state index contributed by atoms with van der Waals surface area (Å²) in [4.78, 5) is 4.27. The topological polar surface area (TPSA) is 24.9 Å². The van der Waals surface area contributed by atoms with Crippen LogP contribution in [0.4, 0.5) is 0 Å². The zero-order chi connectivity index (χ0) is 13.0. The second kappa shape index (κ2) is 6.67. The lowest BCUT2D eigenvalue weighted by molar-refractivity contribution is 0.205. The van der Waals surface area contributed by atoms with Crippen LogP contribution in [0.15, 0.2) is 22.9 Å². The molecule has 2 nitrogen and oxygen atoms in total. The lowest BCUT2D eigenvalue weighted by Gasteiger charge is -2.36. The molecule has 1 aromatic rings. The molecular formula is C15H23BrN2. The Morgan fingerprint density at radius 3 is 2.89 bits per heavy atom. The van der Waals surface area contributed by atoms with E-state index in [1.807, 2.05) is 12.4 Å². The van der Waals surface area contributed by atoms with Crippen LogP contribution in [0.5, 0.6) is 0 Å². The molecule has 0 saturated heterocycles. The minimum absolute atomic E-state index is 0.673. The Hall–Kier alpha value is -0.410. The van der Waals surface area contributed by atoms with Crippen molar-refractivity contribution in [2.75, 3.05) is 7.05 Å². The number of nitrogens with zero attached hydrogens (tertiary/aromatic N) is 1. The number of hydrogen-bond donors (Lipinski definition) is 1. The van der Waals surface area contributed by atoms with Crippen molar-refractivity contribution >= 4 is 15.9 Å². The molecular weight excluding hydrogens is 288 g/mol. The first-order valence-corrected chi connectivity index (χ1v) is 7.79. The quantitative estimate of drug-likeness (QED) is 0.915. The van der Waals surface area contributed by atoms with Crippen molar-refractivity contribution in [3.63, 3.8) is 0 Å². The van der Waals surface area contributed by atoms with Crippen LogP contribution < -0.4 is 5.32 Å². The molecule has 1 aliphatic rings. The van der Waals surface area contributed by atoms with Crippen LogP contribution in [0.2, 0.25) is 0 Å². The average Bonchev–Trinajstić information content (AvgIpc) is 2.38. The summed E-state index contributed by atoms with van der Waals surface area (Å²) in [6, 6.07) is 2.88. The predicted octanol–water partition coefficient (Wildman–Crippen LogP) is 3.80. The fourth-order valence-corrected chi connectivity index (χ4v) is 3.62. The van der Waals surface area contributed by atoms with Gasteiger partial charge in [0.05, 0.1) is 0 Å². The monoisotopic (exact) mass is 310 g/mol. The van der Waals surface area contributed by atoms with E-state index in [0.717, 1.165) is 22.7 Å². The van der Waals surface area contributed by atoms with E-state index in [2.05, 4.69) is 46.3 Å². The van der Waals surface area contributed by atoms with E-state index in [4.69, 9.17) is 0 Å². The van der Waals surface area contributed by atoms with Crippen LogP contribution in [0.1, 0.15) is 38.2 Å². The Labute approximate surface area is 119 Å². The highest BCUT2D eigenvalue weighted by Crippen LogP contribution is 2.33. The zero-order valence-corrected chi connectivity index (χ0v) is 12.9. The second-order valence-electron chi connectivity index (χ2n) is 5.46. The summed E-state index contributed by atoms with van der Waals surface area (Å²) in [5.41, 5.74) is 1.35. The van der Waals surface area contributed by atoms with Gasteiger partial charge in [-0.25, -0.2) is 0 Å². The first-order valence-electron chi connectivity index (χ1n) is 6.99. The van der Waals surface area contributed by atoms with Gasteiger partial charge in [-0.15, -0.1) is 0 Å². The summed E-state index contributed by atoms with van der Waals surface area (Å²) >= 11 is 3.51. The van der Waals surface area contributed by atoms with Gasteiger partial charge < -0.3 is 5.32 Å². The molecule has 3 atom stereocenters. The van der Waals surface area contributed by atoms with E-state index >= 15 is 0 Å². The molecule has 0 radical (unpaired) electrons. The maximum Gasteiger partial charge on any atom is 0.0410 e. The lowest BCUT2D eigenvalue weighted by Crippen LogP contribution is -2.39. The number of halogens is 1. The molecule has 0 aliphatic heterocycles. The molecule has 1 N–H and O–H groups in total. The van der Waals surface area contributed by atoms with E-state index < -0.39 is 0 Å². The Kier molecular flexibility index (Phi) is 5.19. The van der Waals surface area contributed by atoms with Crippen molar-refractivity contribution in [3.8, 4) is 0 Å². The fourth-order valence-electron chi connectivity index (χ4n) is 3.21. The first kappa shape index (κ1) is 14.0. The van der Waals surface area contributed by atoms with Gasteiger partial charge in [0.1, 0.15) is 0 Å². The van der Waals surface area contributed by atoms with Crippen LogP contribution in [-0.2, 0) is 6.42 Å². The second-order valence-corrected chi connectivity index (χ2v) is 6.37. The van der Waals surface area contributed by atoms with Crippen molar-refractivity contribution in [2.24, 2.45) is 11.8 Å². The summed E-state index contributed by atoms with van der Waals surface area (Å²) < 4.78 is 1.09. The van der Waals surface area contributed by atoms with E-state index in [9.17, 15) is 0 Å². The number of rotatable bonds is 4. The van der Waals surface area contributed by atoms with Gasteiger partial charge in [0.25, 0.3) is 0 Å². The molecule has 1 heterocycles. The van der Waals surface area contributed by atoms with Gasteiger partial charge in [-0.3, -0.25) is 4.98 Å². The third-order valence-corrected chi connectivity index (χ3v) is 4.73. The van der Waals surface area contributed by atoms with Crippen LogP contribution in [0, 0.1) is 11.8 Å². The molecule has 1 saturated carbocycles. The molecule has 0 spiro atoms. The van der Waals surface area contributed by atoms with E-state index in [1.54, 1.807) is 0 Å². The predicted molar refractivity (Wildman–Crippen MR) is 79.6 cm³/mol. The zero-order valence-electron chi connectivity index (χ0n) is 11.3. The molecule has 2 rings (SSSR count). The Morgan fingerprint density at radius 1 is 1.39 bits per heavy atom. The van der Waals surface area contributed by atoms with Crippen LogP contribution >= 0.6 is 15.9 Å². The molecule has 0 bridgehead atoms. The molecule has 1 fully saturated rings. The molecule has 100 valence electrons. The molecule has 0 amide bonds. The Morgan fingerprint density at radius 2 is 2.22 bits per heavy atom. The van der Waals surface area contributed by atoms with Crippen molar-refractivity contribution in [3.05, 3.63) is 28.5 Å². The summed E-state index contributed by atoms with van der Waals surface area (Å²) in [6.45, 7) is 2.32. The first-order chi connectivity index (χ1) is 8.72. The molecule has 18 heavy (non-hydrogen) atoms. The molecule has 1 aliphatic carbocycles. The lowest BCUT2D eigenvalue weighted by atomic mass is 9.74. The van der Waals surface area contributed by atoms with Crippen LogP contribution in [0.3, 0.4) is 0 Å². The van der Waals surface area contributed by atoms with Gasteiger partial charge in [-0.1, -0.05) is 13.3 Å². The summed E-state index contributed by atoms with van der Waals surface area (Å²) in [6.07, 6.45) is 10.4. The standard InChI is InChI=1S/C15H23BrN2/c1-3-11-4-5-15(17-2)13(6-11)7-12-8-14(16)10-18-9-12/h8-11,13,15,17H,3-7H2,1-2H3. The van der Waals surface area contributed by atoms with E-state index in [-0.39, 0.29) is 0 Å². The van der Waals surface area contributed by atoms with Gasteiger partial charge in [-0.05, 0) is 72.1 Å². The molecule has 1 aromatic heterocycles. The van der Waals surface area contributed by atoms with Gasteiger partial charge in [0.15, 0.2) is 0 Å². The summed E-state index contributed by atoms with van der Waals surface area (Å²) in [5.74, 6) is 1.67. The normalized spacial score (nSPS) is 28.3. The van der Waals surface area contributed by atoms with Crippen molar-refractivity contribution in [2.45, 2.75) is 45.1 Å². The largest absolute Gasteiger partial charge is 0.317 e. The average molecular weight is 311 g/mol. The number of nitrogens with one attached hydrogen (secondary N) is 1. The van der Waals surface area contributed by atoms with Crippen LogP contribution in [0.25, 0.3) is 0 Å². The highest BCUT2D eigenvalue weighted by molar-refractivity contribution is 9.10. The smallest absolute Gasteiger partial charge is 0.0410 e. The highest BCUT2D eigenvalue weighted by Gasteiger charge is 2.28. The van der Waals surface area contributed by atoms with Gasteiger partial charge in [-0.2, -0.15) is 0 Å². The van der Waals surface area contributed by atoms with Crippen molar-refractivity contribution < 1.29 is 0 Å². The van der Waals surface area contributed by atoms with Gasteiger partial charge >= 0.3 is 0 Å². The number of hydrogen-bond acceptors (Lipinski definition) is 2.